The first-order valence-electron chi connectivity index (χ1n) is 7.87. The van der Waals surface area contributed by atoms with Crippen LogP contribution in [0.5, 0.6) is 0 Å². The minimum Gasteiger partial charge on any atom is -0.332 e. The van der Waals surface area contributed by atoms with E-state index in [0.29, 0.717) is 30.0 Å². The first kappa shape index (κ1) is 16.5. The number of aromatic nitrogens is 3. The molecule has 0 saturated carbocycles. The molecule has 131 valence electrons. The predicted molar refractivity (Wildman–Crippen MR) is 96.4 cm³/mol. The lowest BCUT2D eigenvalue weighted by Gasteiger charge is -2.21. The van der Waals surface area contributed by atoms with Crippen LogP contribution in [0.1, 0.15) is 9.67 Å². The Morgan fingerprint density at radius 3 is 3.04 bits per heavy atom. The van der Waals surface area contributed by atoms with Crippen molar-refractivity contribution in [2.75, 3.05) is 24.9 Å². The van der Waals surface area contributed by atoms with E-state index in [2.05, 4.69) is 10.1 Å². The molecule has 0 aliphatic carbocycles. The molecule has 11 heteroatoms. The molecule has 2 bridgehead atoms. The molecule has 0 aromatic carbocycles. The van der Waals surface area contributed by atoms with Crippen LogP contribution in [0.3, 0.4) is 0 Å². The normalized spacial score (nSPS) is 18.7. The van der Waals surface area contributed by atoms with Crippen molar-refractivity contribution in [3.8, 4) is 0 Å². The third-order valence-corrected chi connectivity index (χ3v) is 5.16. The van der Waals surface area contributed by atoms with Crippen molar-refractivity contribution >= 4 is 48.4 Å². The van der Waals surface area contributed by atoms with Gasteiger partial charge in [0.05, 0.1) is 30.0 Å². The molecule has 1 saturated heterocycles. The first-order chi connectivity index (χ1) is 12.6. The first-order valence-corrected chi connectivity index (χ1v) is 8.75. The van der Waals surface area contributed by atoms with E-state index in [1.54, 1.807) is 39.3 Å². The highest BCUT2D eigenvalue weighted by Gasteiger charge is 2.37. The number of hydrogen-bond acceptors (Lipinski definition) is 6. The number of rotatable bonds is 5. The van der Waals surface area contributed by atoms with Crippen molar-refractivity contribution in [3.63, 3.8) is 0 Å². The summed E-state index contributed by atoms with van der Waals surface area (Å²) in [6, 6.07) is 1.65. The molecular formula is C15H14BN6O3S. The average Bonchev–Trinajstić information content (AvgIpc) is 3.38. The molecule has 26 heavy (non-hydrogen) atoms. The van der Waals surface area contributed by atoms with Gasteiger partial charge in [0.15, 0.2) is 0 Å². The number of urea groups is 1. The van der Waals surface area contributed by atoms with Gasteiger partial charge in [-0.2, -0.15) is 5.10 Å². The fraction of sp³-hybridized carbons (Fsp3) is 0.267. The Balaban J connectivity index is 1.61. The second-order valence-electron chi connectivity index (χ2n) is 5.94. The summed E-state index contributed by atoms with van der Waals surface area (Å²) in [5.74, 6) is -0.0507. The largest absolute Gasteiger partial charge is 0.339 e. The highest BCUT2D eigenvalue weighted by molar-refractivity contribution is 7.12. The molecule has 3 amide bonds. The molecular weight excluding hydrogens is 355 g/mol. The van der Waals surface area contributed by atoms with E-state index in [-0.39, 0.29) is 18.0 Å². The smallest absolute Gasteiger partial charge is 0.332 e. The minimum atomic E-state index is -0.374. The maximum Gasteiger partial charge on any atom is 0.339 e. The van der Waals surface area contributed by atoms with Crippen molar-refractivity contribution in [2.24, 2.45) is 0 Å². The number of likely N-dealkylation sites (N-methyl/N-ethyl adjacent to an activating group) is 1. The highest BCUT2D eigenvalue weighted by Crippen LogP contribution is 2.26. The number of anilines is 1. The topological polar surface area (TPSA) is 91.6 Å². The summed E-state index contributed by atoms with van der Waals surface area (Å²) in [7, 11) is 2.91. The molecule has 0 spiro atoms. The van der Waals surface area contributed by atoms with Crippen molar-refractivity contribution in [2.45, 2.75) is 6.04 Å². The lowest BCUT2D eigenvalue weighted by molar-refractivity contribution is 0.101. The monoisotopic (exact) mass is 369 g/mol. The van der Waals surface area contributed by atoms with Crippen molar-refractivity contribution in [1.29, 1.82) is 0 Å². The van der Waals surface area contributed by atoms with Crippen molar-refractivity contribution < 1.29 is 14.4 Å². The Labute approximate surface area is 153 Å². The molecule has 1 atom stereocenters. The molecule has 2 aromatic heterocycles. The second-order valence-corrected chi connectivity index (χ2v) is 6.83. The van der Waals surface area contributed by atoms with Gasteiger partial charge in [-0.15, -0.1) is 11.3 Å². The van der Waals surface area contributed by atoms with Gasteiger partial charge in [0, 0.05) is 25.9 Å². The number of hydrogen-bond donors (Lipinski definition) is 0. The maximum atomic E-state index is 12.6. The van der Waals surface area contributed by atoms with E-state index < -0.39 is 0 Å². The van der Waals surface area contributed by atoms with Gasteiger partial charge in [-0.25, -0.2) is 9.48 Å². The van der Waals surface area contributed by atoms with E-state index in [9.17, 15) is 14.4 Å². The minimum absolute atomic E-state index is 0.00934. The van der Waals surface area contributed by atoms with Crippen LogP contribution in [-0.2, 0) is 4.79 Å². The van der Waals surface area contributed by atoms with Crippen LogP contribution in [0.25, 0.3) is 5.70 Å². The van der Waals surface area contributed by atoms with Crippen LogP contribution >= 0.6 is 11.3 Å². The third-order valence-electron chi connectivity index (χ3n) is 4.40. The lowest BCUT2D eigenvalue weighted by Crippen LogP contribution is -2.35. The molecule has 4 heterocycles. The molecule has 1 radical (unpaired) electrons. The lowest BCUT2D eigenvalue weighted by atomic mass is 9.94. The Morgan fingerprint density at radius 1 is 1.50 bits per heavy atom. The van der Waals surface area contributed by atoms with Crippen LogP contribution in [-0.4, -0.2) is 76.3 Å². The number of amides is 3. The SMILES string of the molecule is CN1C(=O)N2CC(n3ccc(N([B]C=O)C(=O)c4cncs4)n3)=CC1C2. The molecule has 1 fully saturated rings. The zero-order valence-electron chi connectivity index (χ0n) is 13.8. The fourth-order valence-corrected chi connectivity index (χ4v) is 3.62. The van der Waals surface area contributed by atoms with E-state index in [4.69, 9.17) is 0 Å². The second kappa shape index (κ2) is 6.41. The van der Waals surface area contributed by atoms with Crippen LogP contribution in [0.15, 0.2) is 30.0 Å². The number of carbonyl (C=O) groups is 3. The Kier molecular flexibility index (Phi) is 4.07. The quantitative estimate of drug-likeness (QED) is 0.562. The fourth-order valence-electron chi connectivity index (χ4n) is 3.06. The van der Waals surface area contributed by atoms with E-state index >= 15 is 0 Å². The van der Waals surface area contributed by atoms with E-state index in [1.165, 1.54) is 22.3 Å². The number of carbonyl (C=O) groups excluding carboxylic acids is 3. The Bertz CT molecular complexity index is 895. The van der Waals surface area contributed by atoms with Gasteiger partial charge in [-0.05, 0) is 6.08 Å². The predicted octanol–water partition coefficient (Wildman–Crippen LogP) is 0.386. The Morgan fingerprint density at radius 2 is 2.35 bits per heavy atom. The van der Waals surface area contributed by atoms with Gasteiger partial charge in [-0.1, -0.05) is 0 Å². The van der Waals surface area contributed by atoms with Crippen LogP contribution in [0, 0.1) is 0 Å². The highest BCUT2D eigenvalue weighted by atomic mass is 32.1. The standard InChI is InChI=1S/C15H14BN6O3S/c1-19-10-4-11(7-20(6-10)15(19)25)21-3-2-13(18-21)22(16-8-23)14(24)12-5-17-9-26-12/h2-5,8-10H,6-7H2,1H3. The zero-order valence-corrected chi connectivity index (χ0v) is 14.7. The van der Waals surface area contributed by atoms with E-state index in [1.807, 2.05) is 6.08 Å². The van der Waals surface area contributed by atoms with Crippen LogP contribution in [0.4, 0.5) is 10.6 Å². The molecule has 4 rings (SSSR count). The van der Waals surface area contributed by atoms with Gasteiger partial charge in [0.25, 0.3) is 5.91 Å². The maximum absolute atomic E-state index is 12.6. The summed E-state index contributed by atoms with van der Waals surface area (Å²) >= 11 is 1.19. The summed E-state index contributed by atoms with van der Waals surface area (Å²) in [5.41, 5.74) is 2.40. The number of fused-ring (bicyclic) bond motifs is 2. The summed E-state index contributed by atoms with van der Waals surface area (Å²) in [4.78, 5) is 44.5. The Hall–Kier alpha value is -2.95. The van der Waals surface area contributed by atoms with Gasteiger partial charge in [0.2, 0.25) is 0 Å². The third kappa shape index (κ3) is 2.70. The van der Waals surface area contributed by atoms with Gasteiger partial charge in [-0.3, -0.25) is 9.78 Å². The number of nitrogens with zero attached hydrogens (tertiary/aromatic N) is 6. The van der Waals surface area contributed by atoms with Gasteiger partial charge < -0.3 is 19.4 Å². The van der Waals surface area contributed by atoms with E-state index in [0.717, 1.165) is 13.1 Å². The van der Waals surface area contributed by atoms with Crippen LogP contribution < -0.4 is 4.81 Å². The van der Waals surface area contributed by atoms with Crippen molar-refractivity contribution in [1.82, 2.24) is 24.6 Å². The van der Waals surface area contributed by atoms with Crippen LogP contribution in [0.2, 0.25) is 0 Å². The summed E-state index contributed by atoms with van der Waals surface area (Å²) in [5, 5.41) is 4.42. The molecule has 2 aliphatic heterocycles. The average molecular weight is 369 g/mol. The summed E-state index contributed by atoms with van der Waals surface area (Å²) in [6.45, 7) is 1.11. The summed E-state index contributed by atoms with van der Waals surface area (Å²) < 4.78 is 1.63. The van der Waals surface area contributed by atoms with Gasteiger partial charge in [0.1, 0.15) is 16.9 Å². The molecule has 0 N–H and O–H groups in total. The molecule has 2 aromatic rings. The van der Waals surface area contributed by atoms with Crippen molar-refractivity contribution in [3.05, 3.63) is 34.9 Å². The summed E-state index contributed by atoms with van der Waals surface area (Å²) in [6.07, 6.45) is 5.70. The molecule has 9 nitrogen and oxygen atoms in total. The molecule has 2 aliphatic rings. The molecule has 1 unspecified atom stereocenters. The zero-order chi connectivity index (χ0) is 18.3. The van der Waals surface area contributed by atoms with Gasteiger partial charge >= 0.3 is 13.4 Å². The number of thiazole rings is 1.